The highest BCUT2D eigenvalue weighted by atomic mass is 16.3. The first-order chi connectivity index (χ1) is 13.7. The summed E-state index contributed by atoms with van der Waals surface area (Å²) in [5, 5.41) is 10.7. The Morgan fingerprint density at radius 2 is 0.929 bits per heavy atom. The smallest absolute Gasteiger partial charge is 0.319 e. The average Bonchev–Trinajstić information content (AvgIpc) is 2.71. The maximum Gasteiger partial charge on any atom is 0.319 e. The summed E-state index contributed by atoms with van der Waals surface area (Å²) in [6.07, 6.45) is 17.7. The number of hydrogen-bond acceptors (Lipinski definition) is 1. The van der Waals surface area contributed by atoms with Gasteiger partial charge in [0, 0.05) is 26.2 Å². The molecule has 0 rings (SSSR count). The van der Waals surface area contributed by atoms with E-state index in [0.29, 0.717) is 0 Å². The number of urea groups is 1. The van der Waals surface area contributed by atoms with Gasteiger partial charge in [-0.2, -0.15) is 0 Å². The zero-order chi connectivity index (χ0) is 20.9. The third-order valence-electron chi connectivity index (χ3n) is 5.56. The maximum atomic E-state index is 13.1. The summed E-state index contributed by atoms with van der Waals surface area (Å²) in [6.45, 7) is 9.94. The second-order valence-corrected chi connectivity index (χ2v) is 8.15. The lowest BCUT2D eigenvalue weighted by atomic mass is 10.1. The van der Waals surface area contributed by atoms with Gasteiger partial charge in [-0.05, 0) is 39.0 Å². The number of carbonyl (C=O) groups excluding carboxylic acids is 1. The van der Waals surface area contributed by atoms with Crippen LogP contribution in [0, 0.1) is 0 Å². The van der Waals surface area contributed by atoms with Crippen molar-refractivity contribution in [1.29, 1.82) is 0 Å². The highest BCUT2D eigenvalue weighted by Gasteiger charge is 2.18. The van der Waals surface area contributed by atoms with E-state index in [9.17, 15) is 9.90 Å². The van der Waals surface area contributed by atoms with Crippen LogP contribution >= 0.6 is 0 Å². The molecular weight excluding hydrogens is 348 g/mol. The van der Waals surface area contributed by atoms with E-state index in [2.05, 4.69) is 25.7 Å². The molecule has 2 amide bonds. The minimum Gasteiger partial charge on any atom is -0.325 e. The topological polar surface area (TPSA) is 43.5 Å². The number of unbranched alkanes of at least 4 members (excludes halogenated alkanes) is 12. The molecule has 0 fully saturated rings. The predicted octanol–water partition coefficient (Wildman–Crippen LogP) is 7.05. The second kappa shape index (κ2) is 21.0. The molecule has 0 spiro atoms. The van der Waals surface area contributed by atoms with Crippen LogP contribution in [-0.2, 0) is 5.11 Å². The van der Waals surface area contributed by atoms with Crippen molar-refractivity contribution in [3.8, 4) is 0 Å². The summed E-state index contributed by atoms with van der Waals surface area (Å²) in [4.78, 5) is 17.2. The largest absolute Gasteiger partial charge is 0.325 e. The molecule has 0 aliphatic carbocycles. The zero-order valence-electron chi connectivity index (χ0n) is 19.4. The molecule has 4 heteroatoms. The first-order valence-electron chi connectivity index (χ1n) is 12.3. The quantitative estimate of drug-likeness (QED) is 0.203. The molecule has 28 heavy (non-hydrogen) atoms. The normalized spacial score (nSPS) is 11.0. The summed E-state index contributed by atoms with van der Waals surface area (Å²) >= 11 is 0. The van der Waals surface area contributed by atoms with Crippen LogP contribution in [0.4, 0.5) is 4.79 Å². The van der Waals surface area contributed by atoms with E-state index >= 15 is 0 Å². The van der Waals surface area contributed by atoms with Gasteiger partial charge in [-0.1, -0.05) is 78.1 Å². The molecule has 0 aliphatic rings. The van der Waals surface area contributed by atoms with Crippen LogP contribution in [0.1, 0.15) is 117 Å². The molecule has 167 valence electrons. The predicted molar refractivity (Wildman–Crippen MR) is 120 cm³/mol. The van der Waals surface area contributed by atoms with Crippen molar-refractivity contribution < 1.29 is 9.90 Å². The Kier molecular flexibility index (Phi) is 20.4. The SMILES string of the molecule is CCCCCCCCN(CC)C(=O)N(CCCCC[O])CCCCCCCC. The third-order valence-corrected chi connectivity index (χ3v) is 5.56. The number of hydrogen-bond donors (Lipinski definition) is 0. The third kappa shape index (κ3) is 15.2. The molecule has 0 aromatic carbocycles. The number of rotatable bonds is 20. The summed E-state index contributed by atoms with van der Waals surface area (Å²) in [5.41, 5.74) is 0. The molecule has 1 radical (unpaired) electrons. The van der Waals surface area contributed by atoms with Crippen molar-refractivity contribution in [1.82, 2.24) is 9.80 Å². The van der Waals surface area contributed by atoms with E-state index in [4.69, 9.17) is 0 Å². The zero-order valence-corrected chi connectivity index (χ0v) is 19.4. The molecule has 0 aromatic heterocycles. The number of nitrogens with zero attached hydrogens (tertiary/aromatic N) is 2. The molecule has 0 atom stereocenters. The Morgan fingerprint density at radius 1 is 0.536 bits per heavy atom. The Morgan fingerprint density at radius 3 is 1.36 bits per heavy atom. The van der Waals surface area contributed by atoms with E-state index in [0.717, 1.165) is 58.3 Å². The minimum absolute atomic E-state index is 0.00446. The number of carbonyl (C=O) groups is 1. The molecule has 0 aromatic rings. The Labute approximate surface area is 176 Å². The van der Waals surface area contributed by atoms with Gasteiger partial charge in [-0.15, -0.1) is 0 Å². The Hall–Kier alpha value is -0.770. The fraction of sp³-hybridized carbons (Fsp3) is 0.958. The highest BCUT2D eigenvalue weighted by molar-refractivity contribution is 5.74. The van der Waals surface area contributed by atoms with Gasteiger partial charge in [0.05, 0.1) is 6.61 Å². The van der Waals surface area contributed by atoms with Crippen molar-refractivity contribution in [2.75, 3.05) is 32.8 Å². The molecule has 0 saturated heterocycles. The van der Waals surface area contributed by atoms with Crippen LogP contribution in [0.5, 0.6) is 0 Å². The van der Waals surface area contributed by atoms with Crippen LogP contribution in [-0.4, -0.2) is 48.6 Å². The van der Waals surface area contributed by atoms with Crippen LogP contribution in [0.25, 0.3) is 0 Å². The first kappa shape index (κ1) is 27.2. The van der Waals surface area contributed by atoms with Gasteiger partial charge in [0.1, 0.15) is 0 Å². The fourth-order valence-electron chi connectivity index (χ4n) is 3.64. The average molecular weight is 398 g/mol. The summed E-state index contributed by atoms with van der Waals surface area (Å²) in [5.74, 6) is 0. The molecule has 0 saturated carbocycles. The minimum atomic E-state index is 0.00446. The molecule has 0 bridgehead atoms. The highest BCUT2D eigenvalue weighted by Crippen LogP contribution is 2.11. The second-order valence-electron chi connectivity index (χ2n) is 8.15. The van der Waals surface area contributed by atoms with Crippen LogP contribution < -0.4 is 0 Å². The van der Waals surface area contributed by atoms with E-state index in [1.165, 1.54) is 64.2 Å². The van der Waals surface area contributed by atoms with Crippen molar-refractivity contribution in [2.24, 2.45) is 0 Å². The molecule has 0 heterocycles. The van der Waals surface area contributed by atoms with Crippen LogP contribution in [0.15, 0.2) is 0 Å². The Bertz CT molecular complexity index is 337. The van der Waals surface area contributed by atoms with Gasteiger partial charge in [0.15, 0.2) is 0 Å². The maximum absolute atomic E-state index is 13.1. The lowest BCUT2D eigenvalue weighted by Gasteiger charge is -2.30. The van der Waals surface area contributed by atoms with Gasteiger partial charge in [-0.25, -0.2) is 9.90 Å². The molecule has 0 N–H and O–H groups in total. The van der Waals surface area contributed by atoms with Gasteiger partial charge in [0.2, 0.25) is 0 Å². The van der Waals surface area contributed by atoms with Gasteiger partial charge in [0.25, 0.3) is 0 Å². The van der Waals surface area contributed by atoms with E-state index in [1.54, 1.807) is 0 Å². The van der Waals surface area contributed by atoms with E-state index in [-0.39, 0.29) is 12.6 Å². The molecular formula is C24H49N2O2. The monoisotopic (exact) mass is 397 g/mol. The van der Waals surface area contributed by atoms with E-state index in [1.807, 2.05) is 4.90 Å². The molecule has 0 unspecified atom stereocenters. The van der Waals surface area contributed by atoms with Gasteiger partial charge < -0.3 is 9.80 Å². The van der Waals surface area contributed by atoms with Crippen molar-refractivity contribution in [3.05, 3.63) is 0 Å². The van der Waals surface area contributed by atoms with Crippen molar-refractivity contribution in [2.45, 2.75) is 117 Å². The molecule has 0 aliphatic heterocycles. The van der Waals surface area contributed by atoms with Crippen molar-refractivity contribution >= 4 is 6.03 Å². The summed E-state index contributed by atoms with van der Waals surface area (Å²) < 4.78 is 0. The number of amides is 2. The van der Waals surface area contributed by atoms with Crippen LogP contribution in [0.3, 0.4) is 0 Å². The lowest BCUT2D eigenvalue weighted by molar-refractivity contribution is 0.150. The molecule has 4 nitrogen and oxygen atoms in total. The standard InChI is InChI=1S/C24H49N2O2/c1-4-7-9-11-13-16-20-25(6-3)24(28)26(22-18-15-19-23-27)21-17-14-12-10-8-5-2/h4-23H2,1-3H3. The first-order valence-corrected chi connectivity index (χ1v) is 12.3. The van der Waals surface area contributed by atoms with Crippen molar-refractivity contribution in [3.63, 3.8) is 0 Å². The summed E-state index contributed by atoms with van der Waals surface area (Å²) in [7, 11) is 0. The fourth-order valence-corrected chi connectivity index (χ4v) is 3.64. The summed E-state index contributed by atoms with van der Waals surface area (Å²) in [6, 6.07) is 0.215. The van der Waals surface area contributed by atoms with Crippen LogP contribution in [0.2, 0.25) is 0 Å². The van der Waals surface area contributed by atoms with Gasteiger partial charge >= 0.3 is 6.03 Å². The lowest BCUT2D eigenvalue weighted by Crippen LogP contribution is -2.44. The Balaban J connectivity index is 4.36. The van der Waals surface area contributed by atoms with Gasteiger partial charge in [-0.3, -0.25) is 0 Å². The van der Waals surface area contributed by atoms with E-state index < -0.39 is 0 Å².